The number of aromatic nitrogens is 2. The SMILES string of the molecule is CCCNC(=NCC1CCS(=O)(=O)C1)N1CCN(c2ncccn2)CC1. The first-order chi connectivity index (χ1) is 12.6. The van der Waals surface area contributed by atoms with Crippen LogP contribution in [0.1, 0.15) is 19.8 Å². The monoisotopic (exact) mass is 380 g/mol. The van der Waals surface area contributed by atoms with Crippen LogP contribution in [0, 0.1) is 5.92 Å². The molecule has 2 saturated heterocycles. The van der Waals surface area contributed by atoms with E-state index in [2.05, 4.69) is 32.0 Å². The van der Waals surface area contributed by atoms with Crippen molar-refractivity contribution in [2.24, 2.45) is 10.9 Å². The lowest BCUT2D eigenvalue weighted by Gasteiger charge is -2.36. The Morgan fingerprint density at radius 1 is 1.27 bits per heavy atom. The van der Waals surface area contributed by atoms with Crippen molar-refractivity contribution in [3.63, 3.8) is 0 Å². The quantitative estimate of drug-likeness (QED) is 0.584. The predicted octanol–water partition coefficient (Wildman–Crippen LogP) is 0.389. The zero-order valence-corrected chi connectivity index (χ0v) is 16.2. The van der Waals surface area contributed by atoms with Crippen LogP contribution < -0.4 is 10.2 Å². The molecule has 1 aromatic rings. The van der Waals surface area contributed by atoms with Gasteiger partial charge in [0.15, 0.2) is 15.8 Å². The molecule has 0 aliphatic carbocycles. The fourth-order valence-corrected chi connectivity index (χ4v) is 5.16. The molecule has 1 unspecified atom stereocenters. The summed E-state index contributed by atoms with van der Waals surface area (Å²) in [5.41, 5.74) is 0. The number of rotatable bonds is 5. The van der Waals surface area contributed by atoms with Crippen molar-refractivity contribution >= 4 is 21.7 Å². The Morgan fingerprint density at radius 2 is 2.00 bits per heavy atom. The van der Waals surface area contributed by atoms with E-state index >= 15 is 0 Å². The van der Waals surface area contributed by atoms with Gasteiger partial charge in [0.05, 0.1) is 11.5 Å². The summed E-state index contributed by atoms with van der Waals surface area (Å²) < 4.78 is 23.3. The summed E-state index contributed by atoms with van der Waals surface area (Å²) in [6, 6.07) is 1.82. The third-order valence-corrected chi connectivity index (χ3v) is 6.61. The molecule has 1 aromatic heterocycles. The fraction of sp³-hybridized carbons (Fsp3) is 0.706. The predicted molar refractivity (Wildman–Crippen MR) is 103 cm³/mol. The van der Waals surface area contributed by atoms with Crippen molar-refractivity contribution < 1.29 is 8.42 Å². The summed E-state index contributed by atoms with van der Waals surface area (Å²) in [7, 11) is -2.85. The van der Waals surface area contributed by atoms with Crippen molar-refractivity contribution in [3.8, 4) is 0 Å². The van der Waals surface area contributed by atoms with Crippen molar-refractivity contribution in [1.82, 2.24) is 20.2 Å². The lowest BCUT2D eigenvalue weighted by Crippen LogP contribution is -2.53. The molecule has 0 radical (unpaired) electrons. The minimum atomic E-state index is -2.85. The lowest BCUT2D eigenvalue weighted by atomic mass is 10.1. The maximum Gasteiger partial charge on any atom is 0.225 e. The largest absolute Gasteiger partial charge is 0.356 e. The molecular weight excluding hydrogens is 352 g/mol. The van der Waals surface area contributed by atoms with Crippen molar-refractivity contribution in [1.29, 1.82) is 0 Å². The number of hydrogen-bond acceptors (Lipinski definition) is 6. The van der Waals surface area contributed by atoms with Crippen molar-refractivity contribution in [2.45, 2.75) is 19.8 Å². The van der Waals surface area contributed by atoms with Gasteiger partial charge in [0.25, 0.3) is 0 Å². The summed E-state index contributed by atoms with van der Waals surface area (Å²) in [5, 5.41) is 3.42. The molecule has 0 amide bonds. The van der Waals surface area contributed by atoms with Gasteiger partial charge in [-0.25, -0.2) is 18.4 Å². The van der Waals surface area contributed by atoms with Gasteiger partial charge >= 0.3 is 0 Å². The number of nitrogens with one attached hydrogen (secondary N) is 1. The number of sulfone groups is 1. The number of anilines is 1. The van der Waals surface area contributed by atoms with Crippen LogP contribution >= 0.6 is 0 Å². The average molecular weight is 381 g/mol. The van der Waals surface area contributed by atoms with Gasteiger partial charge in [-0.3, -0.25) is 4.99 Å². The van der Waals surface area contributed by atoms with Gasteiger partial charge in [-0.2, -0.15) is 0 Å². The molecular formula is C17H28N6O2S. The second-order valence-corrected chi connectivity index (χ2v) is 9.11. The van der Waals surface area contributed by atoms with Gasteiger partial charge in [-0.1, -0.05) is 6.92 Å². The van der Waals surface area contributed by atoms with Crippen LogP contribution in [0.25, 0.3) is 0 Å². The number of nitrogens with zero attached hydrogens (tertiary/aromatic N) is 5. The Labute approximate surface area is 155 Å². The maximum absolute atomic E-state index is 11.6. The van der Waals surface area contributed by atoms with Crippen LogP contribution in [0.2, 0.25) is 0 Å². The average Bonchev–Trinajstić information content (AvgIpc) is 3.02. The summed E-state index contributed by atoms with van der Waals surface area (Å²) in [6.07, 6.45) is 5.28. The molecule has 2 aliphatic heterocycles. The molecule has 9 heteroatoms. The number of guanidine groups is 1. The second-order valence-electron chi connectivity index (χ2n) is 6.88. The van der Waals surface area contributed by atoms with E-state index in [0.29, 0.717) is 12.3 Å². The van der Waals surface area contributed by atoms with E-state index in [1.165, 1.54) is 0 Å². The number of aliphatic imine (C=N–C) groups is 1. The molecule has 3 heterocycles. The fourth-order valence-electron chi connectivity index (χ4n) is 3.31. The Bertz CT molecular complexity index is 701. The molecule has 1 atom stereocenters. The van der Waals surface area contributed by atoms with Gasteiger partial charge in [0, 0.05) is 51.7 Å². The summed E-state index contributed by atoms with van der Waals surface area (Å²) in [4.78, 5) is 17.8. The summed E-state index contributed by atoms with van der Waals surface area (Å²) >= 11 is 0. The Balaban J connectivity index is 1.58. The molecule has 2 aliphatic rings. The molecule has 1 N–H and O–H groups in total. The Hall–Kier alpha value is -1.90. The van der Waals surface area contributed by atoms with E-state index in [1.807, 2.05) is 6.07 Å². The number of piperazine rings is 1. The summed E-state index contributed by atoms with van der Waals surface area (Å²) in [6.45, 7) is 6.94. The molecule has 0 saturated carbocycles. The van der Waals surface area contributed by atoms with Gasteiger partial charge < -0.3 is 15.1 Å². The molecule has 0 spiro atoms. The third kappa shape index (κ3) is 5.06. The molecule has 8 nitrogen and oxygen atoms in total. The highest BCUT2D eigenvalue weighted by Gasteiger charge is 2.28. The van der Waals surface area contributed by atoms with E-state index in [0.717, 1.165) is 57.5 Å². The van der Waals surface area contributed by atoms with E-state index in [4.69, 9.17) is 4.99 Å². The van der Waals surface area contributed by atoms with Crippen LogP contribution in [0.15, 0.2) is 23.5 Å². The van der Waals surface area contributed by atoms with Crippen LogP contribution in [-0.4, -0.2) is 80.0 Å². The normalized spacial score (nSPS) is 23.3. The first-order valence-corrected chi connectivity index (χ1v) is 11.1. The lowest BCUT2D eigenvalue weighted by molar-refractivity contribution is 0.368. The van der Waals surface area contributed by atoms with Crippen LogP contribution in [0.3, 0.4) is 0 Å². The topological polar surface area (TPSA) is 90.8 Å². The van der Waals surface area contributed by atoms with Gasteiger partial charge in [0.1, 0.15) is 0 Å². The van der Waals surface area contributed by atoms with Crippen molar-refractivity contribution in [2.75, 3.05) is 55.7 Å². The minimum absolute atomic E-state index is 0.150. The Morgan fingerprint density at radius 3 is 2.62 bits per heavy atom. The molecule has 144 valence electrons. The maximum atomic E-state index is 11.6. The summed E-state index contributed by atoms with van der Waals surface area (Å²) in [5.74, 6) is 2.39. The highest BCUT2D eigenvalue weighted by molar-refractivity contribution is 7.91. The number of hydrogen-bond donors (Lipinski definition) is 1. The highest BCUT2D eigenvalue weighted by Crippen LogP contribution is 2.18. The first kappa shape index (κ1) is 18.9. The van der Waals surface area contributed by atoms with Crippen LogP contribution in [0.5, 0.6) is 0 Å². The molecule has 2 fully saturated rings. The van der Waals surface area contributed by atoms with Crippen molar-refractivity contribution in [3.05, 3.63) is 18.5 Å². The minimum Gasteiger partial charge on any atom is -0.356 e. The van der Waals surface area contributed by atoms with E-state index in [1.54, 1.807) is 12.4 Å². The standard InChI is InChI=1S/C17H28N6O2S/c1-2-5-18-17(21-13-15-4-12-26(24,25)14-15)23-10-8-22(9-11-23)16-19-6-3-7-20-16/h3,6-7,15H,2,4-5,8-14H2,1H3,(H,18,21). The first-order valence-electron chi connectivity index (χ1n) is 9.33. The molecule has 0 aromatic carbocycles. The van der Waals surface area contributed by atoms with Crippen LogP contribution in [0.4, 0.5) is 5.95 Å². The second kappa shape index (κ2) is 8.66. The van der Waals surface area contributed by atoms with Gasteiger partial charge in [-0.15, -0.1) is 0 Å². The van der Waals surface area contributed by atoms with Gasteiger partial charge in [-0.05, 0) is 24.8 Å². The zero-order chi connectivity index (χ0) is 18.4. The van der Waals surface area contributed by atoms with Crippen LogP contribution in [-0.2, 0) is 9.84 Å². The van der Waals surface area contributed by atoms with Gasteiger partial charge in [0.2, 0.25) is 5.95 Å². The highest BCUT2D eigenvalue weighted by atomic mass is 32.2. The molecule has 26 heavy (non-hydrogen) atoms. The van der Waals surface area contributed by atoms with E-state index in [-0.39, 0.29) is 11.7 Å². The third-order valence-electron chi connectivity index (χ3n) is 4.77. The molecule has 3 rings (SSSR count). The van der Waals surface area contributed by atoms with E-state index < -0.39 is 9.84 Å². The van der Waals surface area contributed by atoms with E-state index in [9.17, 15) is 8.42 Å². The Kier molecular flexibility index (Phi) is 6.29. The zero-order valence-electron chi connectivity index (χ0n) is 15.3. The smallest absolute Gasteiger partial charge is 0.225 e. The molecule has 0 bridgehead atoms.